The summed E-state index contributed by atoms with van der Waals surface area (Å²) in [5, 5.41) is 2.88. The van der Waals surface area contributed by atoms with E-state index in [-0.39, 0.29) is 30.0 Å². The molecule has 1 atom stereocenters. The Morgan fingerprint density at radius 2 is 1.71 bits per heavy atom. The molecule has 172 valence electrons. The molecular weight excluding hydrogens is 453 g/mol. The van der Waals surface area contributed by atoms with Gasteiger partial charge in [0.05, 0.1) is 11.4 Å². The molecule has 0 aliphatic carbocycles. The highest BCUT2D eigenvalue weighted by molar-refractivity contribution is 8.02. The maximum Gasteiger partial charge on any atom is 0.269 e. The first kappa shape index (κ1) is 22.2. The van der Waals surface area contributed by atoms with E-state index in [0.717, 1.165) is 11.1 Å². The fourth-order valence-electron chi connectivity index (χ4n) is 4.63. The number of anilines is 3. The molecule has 6 nitrogen and oxygen atoms in total. The lowest BCUT2D eigenvalue weighted by atomic mass is 10.0. The number of fused-ring (bicyclic) bond motifs is 2. The smallest absolute Gasteiger partial charge is 0.269 e. The second-order valence-corrected chi connectivity index (χ2v) is 9.53. The number of nitrogens with one attached hydrogen (secondary N) is 1. The Balaban J connectivity index is 1.56. The summed E-state index contributed by atoms with van der Waals surface area (Å²) in [5.41, 5.74) is 4.13. The maximum atomic E-state index is 14.0. The average Bonchev–Trinajstić information content (AvgIpc) is 3.28. The first-order valence-electron chi connectivity index (χ1n) is 10.8. The van der Waals surface area contributed by atoms with E-state index >= 15 is 0 Å². The average molecular weight is 476 g/mol. The highest BCUT2D eigenvalue weighted by Crippen LogP contribution is 2.56. The van der Waals surface area contributed by atoms with Crippen LogP contribution in [0.5, 0.6) is 0 Å². The van der Waals surface area contributed by atoms with Gasteiger partial charge in [-0.05, 0) is 55.3 Å². The fraction of sp³-hybridized carbons (Fsp3) is 0.192. The maximum absolute atomic E-state index is 14.0. The minimum atomic E-state index is -1.35. The third-order valence-corrected chi connectivity index (χ3v) is 7.57. The SMILES string of the molecule is Cc1ccccc1NC(=O)CN1C(=O)[C@@]2(SCC(=O)N2c2ccc(F)cc2)c2cccc(C)c21. The molecule has 3 aromatic rings. The van der Waals surface area contributed by atoms with E-state index in [1.54, 1.807) is 0 Å². The van der Waals surface area contributed by atoms with Gasteiger partial charge >= 0.3 is 0 Å². The number of carbonyl (C=O) groups excluding carboxylic acids is 3. The van der Waals surface area contributed by atoms with E-state index in [4.69, 9.17) is 0 Å². The van der Waals surface area contributed by atoms with E-state index in [9.17, 15) is 18.8 Å². The van der Waals surface area contributed by atoms with Gasteiger partial charge in [-0.2, -0.15) is 0 Å². The number of carbonyl (C=O) groups is 3. The summed E-state index contributed by atoms with van der Waals surface area (Å²) in [6.07, 6.45) is 0. The summed E-state index contributed by atoms with van der Waals surface area (Å²) < 4.78 is 13.6. The second kappa shape index (κ2) is 8.29. The third kappa shape index (κ3) is 3.37. The molecule has 1 saturated heterocycles. The van der Waals surface area contributed by atoms with Crippen molar-refractivity contribution in [2.24, 2.45) is 0 Å². The van der Waals surface area contributed by atoms with Crippen LogP contribution >= 0.6 is 11.8 Å². The molecule has 34 heavy (non-hydrogen) atoms. The lowest BCUT2D eigenvalue weighted by molar-refractivity contribution is -0.124. The van der Waals surface area contributed by atoms with E-state index < -0.39 is 10.7 Å². The van der Waals surface area contributed by atoms with Crippen molar-refractivity contribution < 1.29 is 18.8 Å². The van der Waals surface area contributed by atoms with Gasteiger partial charge in [0.1, 0.15) is 12.4 Å². The molecule has 2 heterocycles. The summed E-state index contributed by atoms with van der Waals surface area (Å²) in [7, 11) is 0. The van der Waals surface area contributed by atoms with Gasteiger partial charge in [-0.3, -0.25) is 24.2 Å². The third-order valence-electron chi connectivity index (χ3n) is 6.18. The van der Waals surface area contributed by atoms with Crippen LogP contribution in [0.4, 0.5) is 21.5 Å². The number of benzene rings is 3. The van der Waals surface area contributed by atoms with Crippen LogP contribution in [-0.2, 0) is 19.3 Å². The van der Waals surface area contributed by atoms with Gasteiger partial charge in [0, 0.05) is 16.9 Å². The molecule has 1 spiro atoms. The Bertz CT molecular complexity index is 1330. The van der Waals surface area contributed by atoms with Crippen LogP contribution in [0.2, 0.25) is 0 Å². The molecule has 3 amide bonds. The quantitative estimate of drug-likeness (QED) is 0.609. The Hall–Kier alpha value is -3.65. The number of hydrogen-bond acceptors (Lipinski definition) is 4. The molecule has 3 aromatic carbocycles. The molecule has 1 fully saturated rings. The summed E-state index contributed by atoms with van der Waals surface area (Å²) in [5.74, 6) is -1.28. The minimum absolute atomic E-state index is 0.0970. The molecule has 2 aliphatic heterocycles. The van der Waals surface area contributed by atoms with Crippen LogP contribution in [0.1, 0.15) is 16.7 Å². The van der Waals surface area contributed by atoms with Crippen LogP contribution in [0, 0.1) is 19.7 Å². The first-order chi connectivity index (χ1) is 16.3. The Morgan fingerprint density at radius 1 is 1.00 bits per heavy atom. The Kier molecular flexibility index (Phi) is 5.40. The van der Waals surface area contributed by atoms with Crippen molar-refractivity contribution in [2.75, 3.05) is 27.4 Å². The van der Waals surface area contributed by atoms with Crippen molar-refractivity contribution in [3.05, 3.63) is 89.2 Å². The van der Waals surface area contributed by atoms with Crippen molar-refractivity contribution in [1.82, 2.24) is 0 Å². The van der Waals surface area contributed by atoms with Crippen molar-refractivity contribution >= 4 is 46.5 Å². The van der Waals surface area contributed by atoms with Crippen molar-refractivity contribution in [2.45, 2.75) is 18.7 Å². The lowest BCUT2D eigenvalue weighted by Crippen LogP contribution is -2.50. The van der Waals surface area contributed by atoms with Gasteiger partial charge in [0.2, 0.25) is 16.7 Å². The molecule has 0 unspecified atom stereocenters. The van der Waals surface area contributed by atoms with Gasteiger partial charge in [-0.1, -0.05) is 36.4 Å². The molecule has 0 saturated carbocycles. The van der Waals surface area contributed by atoms with Gasteiger partial charge in [-0.25, -0.2) is 4.39 Å². The van der Waals surface area contributed by atoms with Crippen molar-refractivity contribution in [1.29, 1.82) is 0 Å². The van der Waals surface area contributed by atoms with E-state index in [0.29, 0.717) is 22.6 Å². The molecule has 1 N–H and O–H groups in total. The van der Waals surface area contributed by atoms with E-state index in [2.05, 4.69) is 5.32 Å². The summed E-state index contributed by atoms with van der Waals surface area (Å²) in [4.78, 5) is 41.6. The van der Waals surface area contributed by atoms with Crippen LogP contribution in [0.25, 0.3) is 0 Å². The van der Waals surface area contributed by atoms with Crippen molar-refractivity contribution in [3.63, 3.8) is 0 Å². The Morgan fingerprint density at radius 3 is 2.44 bits per heavy atom. The molecular formula is C26H22FN3O3S. The number of halogens is 1. The fourth-order valence-corrected chi connectivity index (χ4v) is 5.98. The lowest BCUT2D eigenvalue weighted by Gasteiger charge is -2.33. The largest absolute Gasteiger partial charge is 0.324 e. The van der Waals surface area contributed by atoms with Crippen LogP contribution < -0.4 is 15.1 Å². The van der Waals surface area contributed by atoms with E-state index in [1.807, 2.05) is 56.3 Å². The summed E-state index contributed by atoms with van der Waals surface area (Å²) in [6, 6.07) is 18.5. The van der Waals surface area contributed by atoms with E-state index in [1.165, 1.54) is 45.8 Å². The highest BCUT2D eigenvalue weighted by atomic mass is 32.2. The predicted molar refractivity (Wildman–Crippen MR) is 131 cm³/mol. The first-order valence-corrected chi connectivity index (χ1v) is 11.8. The van der Waals surface area contributed by atoms with Crippen LogP contribution in [-0.4, -0.2) is 30.0 Å². The number of thioether (sulfide) groups is 1. The highest BCUT2D eigenvalue weighted by Gasteiger charge is 2.61. The topological polar surface area (TPSA) is 69.7 Å². The number of para-hydroxylation sites is 2. The standard InChI is InChI=1S/C26H22FN3O3S/c1-16-6-3-4-9-21(16)28-22(31)14-29-24-17(2)7-5-8-20(24)26(25(29)33)30(23(32)15-34-26)19-12-10-18(27)11-13-19/h3-13H,14-15H2,1-2H3,(H,28,31)/t26-/m0/s1. The monoisotopic (exact) mass is 475 g/mol. The summed E-state index contributed by atoms with van der Waals surface area (Å²) in [6.45, 7) is 3.58. The summed E-state index contributed by atoms with van der Waals surface area (Å²) >= 11 is 1.22. The zero-order valence-corrected chi connectivity index (χ0v) is 19.5. The zero-order valence-electron chi connectivity index (χ0n) is 18.7. The predicted octanol–water partition coefficient (Wildman–Crippen LogP) is 4.36. The number of rotatable bonds is 4. The normalized spacial score (nSPS) is 19.1. The Labute approximate surface area is 200 Å². The molecule has 2 aliphatic rings. The number of amides is 3. The van der Waals surface area contributed by atoms with Gasteiger partial charge in [0.25, 0.3) is 5.91 Å². The number of aryl methyl sites for hydroxylation is 2. The van der Waals surface area contributed by atoms with Crippen LogP contribution in [0.3, 0.4) is 0 Å². The van der Waals surface area contributed by atoms with Crippen LogP contribution in [0.15, 0.2) is 66.7 Å². The molecule has 0 bridgehead atoms. The zero-order chi connectivity index (χ0) is 24.0. The van der Waals surface area contributed by atoms with Gasteiger partial charge < -0.3 is 5.32 Å². The number of hydrogen-bond donors (Lipinski definition) is 1. The molecule has 0 radical (unpaired) electrons. The molecule has 5 rings (SSSR count). The molecule has 0 aromatic heterocycles. The minimum Gasteiger partial charge on any atom is -0.324 e. The van der Waals surface area contributed by atoms with Gasteiger partial charge in [0.15, 0.2) is 0 Å². The number of nitrogens with zero attached hydrogens (tertiary/aromatic N) is 2. The second-order valence-electron chi connectivity index (χ2n) is 8.36. The molecule has 8 heteroatoms. The van der Waals surface area contributed by atoms with Crippen molar-refractivity contribution in [3.8, 4) is 0 Å². The van der Waals surface area contributed by atoms with Gasteiger partial charge in [-0.15, -0.1) is 11.8 Å².